The average molecular weight is 265 g/mol. The van der Waals surface area contributed by atoms with E-state index in [0.29, 0.717) is 6.54 Å². The van der Waals surface area contributed by atoms with Crippen LogP contribution in [0.4, 0.5) is 11.4 Å². The Hall–Kier alpha value is -2.15. The molecular weight excluding hydrogens is 250 g/mol. The average Bonchev–Trinajstić information content (AvgIpc) is 2.41. The lowest BCUT2D eigenvalue weighted by Crippen LogP contribution is -2.37. The van der Waals surface area contributed by atoms with E-state index in [-0.39, 0.29) is 28.9 Å². The van der Waals surface area contributed by atoms with E-state index in [1.54, 1.807) is 0 Å². The summed E-state index contributed by atoms with van der Waals surface area (Å²) in [6.07, 6.45) is 1.63. The molecule has 19 heavy (non-hydrogen) atoms. The Labute approximate surface area is 109 Å². The highest BCUT2D eigenvalue weighted by Gasteiger charge is 2.25. The Kier molecular flexibility index (Phi) is 3.96. The van der Waals surface area contributed by atoms with Crippen molar-refractivity contribution in [2.24, 2.45) is 5.92 Å². The molecule has 1 fully saturated rings. The van der Waals surface area contributed by atoms with Gasteiger partial charge in [0, 0.05) is 12.6 Å². The van der Waals surface area contributed by atoms with Crippen LogP contribution in [0.25, 0.3) is 0 Å². The summed E-state index contributed by atoms with van der Waals surface area (Å²) in [7, 11) is 0. The van der Waals surface area contributed by atoms with Crippen molar-refractivity contribution in [3.63, 3.8) is 0 Å². The van der Waals surface area contributed by atoms with Gasteiger partial charge in [0.25, 0.3) is 5.69 Å². The number of benzene rings is 1. The molecule has 1 aliphatic rings. The zero-order valence-corrected chi connectivity index (χ0v) is 10.3. The lowest BCUT2D eigenvalue weighted by molar-refractivity contribution is -0.384. The number of amides is 1. The smallest absolute Gasteiger partial charge is 0.296 e. The molecular formula is C12H15N3O4. The number of phenolic OH excluding ortho intramolecular Hbond substituents is 1. The van der Waals surface area contributed by atoms with Gasteiger partial charge in [-0.05, 0) is 25.5 Å². The van der Waals surface area contributed by atoms with E-state index < -0.39 is 4.92 Å². The standard InChI is InChI=1S/C12H15N3O4/c16-10-5-1-4-9(15(18)19)11(10)14-12(17)8-3-2-6-13-7-8/h1,4-5,8,13,16H,2-3,6-7H2,(H,14,17)/t8-/m1/s1. The highest BCUT2D eigenvalue weighted by atomic mass is 16.6. The molecule has 0 bridgehead atoms. The maximum absolute atomic E-state index is 12.0. The molecule has 1 aliphatic heterocycles. The van der Waals surface area contributed by atoms with Gasteiger partial charge in [-0.2, -0.15) is 0 Å². The second-order valence-corrected chi connectivity index (χ2v) is 4.46. The number of hydrogen-bond acceptors (Lipinski definition) is 5. The van der Waals surface area contributed by atoms with Crippen LogP contribution in [0.2, 0.25) is 0 Å². The third-order valence-electron chi connectivity index (χ3n) is 3.13. The van der Waals surface area contributed by atoms with Gasteiger partial charge in [-0.25, -0.2) is 0 Å². The van der Waals surface area contributed by atoms with Gasteiger partial charge >= 0.3 is 0 Å². The number of carbonyl (C=O) groups is 1. The highest BCUT2D eigenvalue weighted by molar-refractivity contribution is 5.96. The predicted octanol–water partition coefficient (Wildman–Crippen LogP) is 1.24. The fourth-order valence-electron chi connectivity index (χ4n) is 2.11. The van der Waals surface area contributed by atoms with Crippen molar-refractivity contribution in [2.45, 2.75) is 12.8 Å². The normalized spacial score (nSPS) is 18.8. The molecule has 1 heterocycles. The number of nitro benzene ring substituents is 1. The molecule has 0 spiro atoms. The number of nitro groups is 1. The van der Waals surface area contributed by atoms with Crippen LogP contribution < -0.4 is 10.6 Å². The van der Waals surface area contributed by atoms with E-state index in [9.17, 15) is 20.0 Å². The monoisotopic (exact) mass is 265 g/mol. The van der Waals surface area contributed by atoms with Crippen LogP contribution in [0.5, 0.6) is 5.75 Å². The van der Waals surface area contributed by atoms with Crippen LogP contribution in [0.3, 0.4) is 0 Å². The summed E-state index contributed by atoms with van der Waals surface area (Å²) < 4.78 is 0. The van der Waals surface area contributed by atoms with Gasteiger partial charge < -0.3 is 15.7 Å². The first-order valence-corrected chi connectivity index (χ1v) is 6.07. The Morgan fingerprint density at radius 1 is 1.53 bits per heavy atom. The maximum Gasteiger partial charge on any atom is 0.296 e. The molecule has 7 heteroatoms. The van der Waals surface area contributed by atoms with E-state index in [4.69, 9.17) is 0 Å². The molecule has 0 aliphatic carbocycles. The maximum atomic E-state index is 12.0. The zero-order chi connectivity index (χ0) is 13.8. The Bertz CT molecular complexity index is 498. The minimum atomic E-state index is -0.631. The molecule has 1 aromatic carbocycles. The van der Waals surface area contributed by atoms with E-state index >= 15 is 0 Å². The van der Waals surface area contributed by atoms with Gasteiger partial charge in [0.2, 0.25) is 5.91 Å². The van der Waals surface area contributed by atoms with Crippen molar-refractivity contribution in [2.75, 3.05) is 18.4 Å². The third kappa shape index (κ3) is 3.00. The summed E-state index contributed by atoms with van der Waals surface area (Å²) in [6.45, 7) is 1.42. The van der Waals surface area contributed by atoms with Gasteiger partial charge in [-0.1, -0.05) is 6.07 Å². The highest BCUT2D eigenvalue weighted by Crippen LogP contribution is 2.33. The number of carbonyl (C=O) groups excluding carboxylic acids is 1. The quantitative estimate of drug-likeness (QED) is 0.433. The second-order valence-electron chi connectivity index (χ2n) is 4.46. The number of nitrogens with one attached hydrogen (secondary N) is 2. The molecule has 7 nitrogen and oxygen atoms in total. The number of piperidine rings is 1. The van der Waals surface area contributed by atoms with Gasteiger partial charge in [0.1, 0.15) is 5.75 Å². The minimum absolute atomic E-state index is 0.136. The third-order valence-corrected chi connectivity index (χ3v) is 3.13. The lowest BCUT2D eigenvalue weighted by Gasteiger charge is -2.21. The Morgan fingerprint density at radius 3 is 2.95 bits per heavy atom. The Balaban J connectivity index is 2.18. The summed E-state index contributed by atoms with van der Waals surface area (Å²) >= 11 is 0. The molecule has 1 aromatic rings. The van der Waals surface area contributed by atoms with Crippen molar-refractivity contribution >= 4 is 17.3 Å². The minimum Gasteiger partial charge on any atom is -0.505 e. The largest absolute Gasteiger partial charge is 0.505 e. The van der Waals surface area contributed by atoms with Crippen LogP contribution in [0.1, 0.15) is 12.8 Å². The van der Waals surface area contributed by atoms with Gasteiger partial charge in [-0.3, -0.25) is 14.9 Å². The first kappa shape index (κ1) is 13.3. The molecule has 1 atom stereocenters. The van der Waals surface area contributed by atoms with Crippen molar-refractivity contribution in [3.8, 4) is 5.75 Å². The van der Waals surface area contributed by atoms with Crippen molar-refractivity contribution in [1.29, 1.82) is 0 Å². The zero-order valence-electron chi connectivity index (χ0n) is 10.3. The number of hydrogen-bond donors (Lipinski definition) is 3. The van der Waals surface area contributed by atoms with Crippen LogP contribution in [-0.2, 0) is 4.79 Å². The molecule has 0 radical (unpaired) electrons. The number of phenols is 1. The van der Waals surface area contributed by atoms with Crippen LogP contribution in [0, 0.1) is 16.0 Å². The first-order valence-electron chi connectivity index (χ1n) is 6.07. The molecule has 1 amide bonds. The van der Waals surface area contributed by atoms with Crippen molar-refractivity contribution in [1.82, 2.24) is 5.32 Å². The van der Waals surface area contributed by atoms with Crippen LogP contribution in [-0.4, -0.2) is 29.0 Å². The molecule has 0 unspecified atom stereocenters. The molecule has 0 aromatic heterocycles. The Morgan fingerprint density at radius 2 is 2.32 bits per heavy atom. The number of nitrogens with zero attached hydrogens (tertiary/aromatic N) is 1. The first-order chi connectivity index (χ1) is 9.09. The summed E-state index contributed by atoms with van der Waals surface area (Å²) in [6, 6.07) is 3.92. The number of anilines is 1. The van der Waals surface area contributed by atoms with Crippen LogP contribution in [0.15, 0.2) is 18.2 Å². The topological polar surface area (TPSA) is 104 Å². The van der Waals surface area contributed by atoms with Gasteiger partial charge in [-0.15, -0.1) is 0 Å². The SMILES string of the molecule is O=C(Nc1c(O)cccc1[N+](=O)[O-])[C@@H]1CCCNC1. The lowest BCUT2D eigenvalue weighted by atomic mass is 9.98. The van der Waals surface area contributed by atoms with Crippen molar-refractivity contribution < 1.29 is 14.8 Å². The molecule has 2 rings (SSSR count). The van der Waals surface area contributed by atoms with Crippen molar-refractivity contribution in [3.05, 3.63) is 28.3 Å². The fourth-order valence-corrected chi connectivity index (χ4v) is 2.11. The molecule has 102 valence electrons. The fraction of sp³-hybridized carbons (Fsp3) is 0.417. The van der Waals surface area contributed by atoms with E-state index in [0.717, 1.165) is 19.4 Å². The second kappa shape index (κ2) is 5.66. The van der Waals surface area contributed by atoms with Crippen LogP contribution >= 0.6 is 0 Å². The molecule has 3 N–H and O–H groups in total. The summed E-state index contributed by atoms with van der Waals surface area (Å²) in [5, 5.41) is 26.1. The summed E-state index contributed by atoms with van der Waals surface area (Å²) in [5.74, 6) is -0.837. The van der Waals surface area contributed by atoms with E-state index in [1.807, 2.05) is 0 Å². The molecule has 1 saturated heterocycles. The number of para-hydroxylation sites is 1. The van der Waals surface area contributed by atoms with E-state index in [1.165, 1.54) is 18.2 Å². The number of aromatic hydroxyl groups is 1. The van der Waals surface area contributed by atoms with Gasteiger partial charge in [0.15, 0.2) is 5.69 Å². The summed E-state index contributed by atoms with van der Waals surface area (Å²) in [4.78, 5) is 22.2. The summed E-state index contributed by atoms with van der Waals surface area (Å²) in [5.41, 5.74) is -0.444. The number of rotatable bonds is 3. The predicted molar refractivity (Wildman–Crippen MR) is 69.0 cm³/mol. The van der Waals surface area contributed by atoms with E-state index in [2.05, 4.69) is 10.6 Å². The molecule has 0 saturated carbocycles. The van der Waals surface area contributed by atoms with Gasteiger partial charge in [0.05, 0.1) is 10.8 Å².